The normalized spacial score (nSPS) is 11.2. The Labute approximate surface area is 130 Å². The molecule has 2 aromatic rings. The van der Waals surface area contributed by atoms with Crippen molar-refractivity contribution in [2.75, 3.05) is 17.1 Å². The lowest BCUT2D eigenvalue weighted by atomic mass is 10.2. The summed E-state index contributed by atoms with van der Waals surface area (Å²) in [5.74, 6) is -0.0791. The van der Waals surface area contributed by atoms with Crippen LogP contribution in [0.15, 0.2) is 48.5 Å². The highest BCUT2D eigenvalue weighted by Gasteiger charge is 2.11. The van der Waals surface area contributed by atoms with Crippen molar-refractivity contribution in [3.8, 4) is 5.75 Å². The molecule has 0 saturated carbocycles. The first kappa shape index (κ1) is 16.3. The van der Waals surface area contributed by atoms with E-state index in [1.807, 2.05) is 24.3 Å². The van der Waals surface area contributed by atoms with Crippen LogP contribution in [0.5, 0.6) is 5.75 Å². The Morgan fingerprint density at radius 1 is 1.14 bits per heavy atom. The van der Waals surface area contributed by atoms with E-state index in [9.17, 15) is 12.8 Å². The van der Waals surface area contributed by atoms with Gasteiger partial charge in [0.25, 0.3) is 0 Å². The molecule has 0 fully saturated rings. The highest BCUT2D eigenvalue weighted by Crippen LogP contribution is 2.14. The van der Waals surface area contributed by atoms with E-state index >= 15 is 0 Å². The number of rotatable bonds is 7. The van der Waals surface area contributed by atoms with Gasteiger partial charge < -0.3 is 4.74 Å². The number of anilines is 1. The predicted octanol–water partition coefficient (Wildman–Crippen LogP) is 3.21. The highest BCUT2D eigenvalue weighted by atomic mass is 32.2. The lowest BCUT2D eigenvalue weighted by molar-refractivity contribution is 0.341. The minimum atomic E-state index is -3.58. The molecule has 6 heteroatoms. The average Bonchev–Trinajstić information content (AvgIpc) is 2.47. The van der Waals surface area contributed by atoms with Gasteiger partial charge in [-0.1, -0.05) is 25.1 Å². The summed E-state index contributed by atoms with van der Waals surface area (Å²) < 4.78 is 44.5. The third-order valence-corrected chi connectivity index (χ3v) is 4.30. The predicted molar refractivity (Wildman–Crippen MR) is 85.1 cm³/mol. The minimum Gasteiger partial charge on any atom is -0.492 e. The molecule has 0 aliphatic rings. The third-order valence-electron chi connectivity index (χ3n) is 3.05. The molecule has 2 aromatic carbocycles. The Bertz CT molecular complexity index is 714. The first-order valence-electron chi connectivity index (χ1n) is 6.96. The van der Waals surface area contributed by atoms with Crippen LogP contribution < -0.4 is 9.46 Å². The maximum Gasteiger partial charge on any atom is 0.236 e. The number of hydrogen-bond acceptors (Lipinski definition) is 3. The van der Waals surface area contributed by atoms with Crippen molar-refractivity contribution in [1.29, 1.82) is 0 Å². The van der Waals surface area contributed by atoms with Crippen LogP contribution in [0, 0.1) is 5.82 Å². The van der Waals surface area contributed by atoms with E-state index in [-0.39, 0.29) is 18.0 Å². The second kappa shape index (κ2) is 7.26. The number of hydrogen-bond donors (Lipinski definition) is 1. The Kier molecular flexibility index (Phi) is 5.38. The Morgan fingerprint density at radius 2 is 1.86 bits per heavy atom. The molecule has 0 heterocycles. The zero-order valence-electron chi connectivity index (χ0n) is 12.3. The smallest absolute Gasteiger partial charge is 0.236 e. The van der Waals surface area contributed by atoms with Gasteiger partial charge in [-0.3, -0.25) is 4.72 Å². The molecule has 1 N–H and O–H groups in total. The number of sulfonamides is 1. The van der Waals surface area contributed by atoms with Crippen LogP contribution in [-0.4, -0.2) is 20.8 Å². The number of ether oxygens (including phenoxy) is 1. The maximum absolute atomic E-state index is 13.0. The molecule has 0 aliphatic carbocycles. The van der Waals surface area contributed by atoms with Gasteiger partial charge in [0, 0.05) is 0 Å². The van der Waals surface area contributed by atoms with Gasteiger partial charge in [0.15, 0.2) is 0 Å². The van der Waals surface area contributed by atoms with E-state index in [2.05, 4.69) is 11.6 Å². The summed E-state index contributed by atoms with van der Waals surface area (Å²) in [6.45, 7) is 2.08. The van der Waals surface area contributed by atoms with Gasteiger partial charge in [0.2, 0.25) is 10.0 Å². The fourth-order valence-corrected chi connectivity index (χ4v) is 2.76. The molecule has 118 valence electrons. The van der Waals surface area contributed by atoms with Crippen LogP contribution in [0.4, 0.5) is 10.1 Å². The minimum absolute atomic E-state index is 0.0239. The zero-order valence-corrected chi connectivity index (χ0v) is 13.1. The van der Waals surface area contributed by atoms with Gasteiger partial charge >= 0.3 is 0 Å². The lowest BCUT2D eigenvalue weighted by Gasteiger charge is -2.09. The van der Waals surface area contributed by atoms with Crippen molar-refractivity contribution < 1.29 is 17.5 Å². The average molecular weight is 323 g/mol. The number of halogens is 1. The topological polar surface area (TPSA) is 55.4 Å². The summed E-state index contributed by atoms with van der Waals surface area (Å²) in [6.07, 6.45) is 0.937. The summed E-state index contributed by atoms with van der Waals surface area (Å²) in [6, 6.07) is 12.8. The van der Waals surface area contributed by atoms with Crippen LogP contribution in [0.1, 0.15) is 12.5 Å². The van der Waals surface area contributed by atoms with Crippen molar-refractivity contribution in [2.24, 2.45) is 0 Å². The molecule has 22 heavy (non-hydrogen) atoms. The van der Waals surface area contributed by atoms with Crippen LogP contribution in [0.2, 0.25) is 0 Å². The third kappa shape index (κ3) is 5.04. The molecule has 2 rings (SSSR count). The molecule has 0 saturated heterocycles. The summed E-state index contributed by atoms with van der Waals surface area (Å²) in [5, 5.41) is 0. The van der Waals surface area contributed by atoms with Gasteiger partial charge in [0.05, 0.1) is 5.69 Å². The molecule has 0 atom stereocenters. The van der Waals surface area contributed by atoms with E-state index in [0.717, 1.165) is 12.5 Å². The molecule has 0 unspecified atom stereocenters. The zero-order chi connectivity index (χ0) is 16.0. The first-order valence-corrected chi connectivity index (χ1v) is 8.61. The molecule has 0 spiro atoms. The van der Waals surface area contributed by atoms with Crippen LogP contribution in [0.3, 0.4) is 0 Å². The number of nitrogens with one attached hydrogen (secondary N) is 1. The van der Waals surface area contributed by atoms with E-state index < -0.39 is 15.8 Å². The van der Waals surface area contributed by atoms with Gasteiger partial charge in [-0.05, 0) is 42.3 Å². The maximum atomic E-state index is 13.0. The fourth-order valence-electron chi connectivity index (χ4n) is 1.87. The lowest BCUT2D eigenvalue weighted by Crippen LogP contribution is -2.21. The Morgan fingerprint density at radius 3 is 2.50 bits per heavy atom. The second-order valence-electron chi connectivity index (χ2n) is 4.78. The van der Waals surface area contributed by atoms with Gasteiger partial charge in [0.1, 0.15) is 23.9 Å². The van der Waals surface area contributed by atoms with Crippen molar-refractivity contribution >= 4 is 15.7 Å². The number of benzene rings is 2. The molecule has 4 nitrogen and oxygen atoms in total. The number of aryl methyl sites for hydroxylation is 1. The van der Waals surface area contributed by atoms with Crippen molar-refractivity contribution in [3.63, 3.8) is 0 Å². The Balaban J connectivity index is 1.86. The standard InChI is InChI=1S/C16H18FNO3S/c1-2-13-6-8-16(9-7-13)21-10-11-22(19,20)18-15-5-3-4-14(17)12-15/h3-9,12,18H,2,10-11H2,1H3. The monoisotopic (exact) mass is 323 g/mol. The van der Waals surface area contributed by atoms with Gasteiger partial charge in [-0.15, -0.1) is 0 Å². The first-order chi connectivity index (χ1) is 10.5. The van der Waals surface area contributed by atoms with Crippen LogP contribution in [0.25, 0.3) is 0 Å². The SMILES string of the molecule is CCc1ccc(OCCS(=O)(=O)Nc2cccc(F)c2)cc1. The fraction of sp³-hybridized carbons (Fsp3) is 0.250. The summed E-state index contributed by atoms with van der Waals surface area (Å²) in [4.78, 5) is 0. The van der Waals surface area contributed by atoms with Crippen molar-refractivity contribution in [3.05, 3.63) is 59.9 Å². The molecule has 0 bridgehead atoms. The largest absolute Gasteiger partial charge is 0.492 e. The van der Waals surface area contributed by atoms with E-state index in [4.69, 9.17) is 4.74 Å². The van der Waals surface area contributed by atoms with E-state index in [1.165, 1.54) is 23.8 Å². The van der Waals surface area contributed by atoms with Crippen molar-refractivity contribution in [1.82, 2.24) is 0 Å². The summed E-state index contributed by atoms with van der Waals surface area (Å²) >= 11 is 0. The molecule has 0 amide bonds. The summed E-state index contributed by atoms with van der Waals surface area (Å²) in [7, 11) is -3.58. The molecule has 0 radical (unpaired) electrons. The van der Waals surface area contributed by atoms with Crippen LogP contribution >= 0.6 is 0 Å². The molecule has 0 aromatic heterocycles. The highest BCUT2D eigenvalue weighted by molar-refractivity contribution is 7.92. The van der Waals surface area contributed by atoms with Crippen LogP contribution in [-0.2, 0) is 16.4 Å². The van der Waals surface area contributed by atoms with E-state index in [0.29, 0.717) is 5.75 Å². The van der Waals surface area contributed by atoms with Crippen molar-refractivity contribution in [2.45, 2.75) is 13.3 Å². The molecular weight excluding hydrogens is 305 g/mol. The Hall–Kier alpha value is -2.08. The second-order valence-corrected chi connectivity index (χ2v) is 6.62. The van der Waals surface area contributed by atoms with Gasteiger partial charge in [-0.2, -0.15) is 0 Å². The molecular formula is C16H18FNO3S. The quantitative estimate of drug-likeness (QED) is 0.851. The molecule has 0 aliphatic heterocycles. The summed E-state index contributed by atoms with van der Waals surface area (Å²) in [5.41, 5.74) is 1.39. The van der Waals surface area contributed by atoms with E-state index in [1.54, 1.807) is 0 Å². The van der Waals surface area contributed by atoms with Gasteiger partial charge in [-0.25, -0.2) is 12.8 Å².